The Kier molecular flexibility index (Phi) is 4.44. The maximum absolute atomic E-state index is 14.0. The molecule has 0 saturated carbocycles. The number of rotatable bonds is 3. The van der Waals surface area contributed by atoms with Crippen molar-refractivity contribution in [1.29, 1.82) is 0 Å². The molecule has 29 heavy (non-hydrogen) atoms. The summed E-state index contributed by atoms with van der Waals surface area (Å²) in [6, 6.07) is 11.4. The highest BCUT2D eigenvalue weighted by Gasteiger charge is 2.27. The van der Waals surface area contributed by atoms with Crippen LogP contribution in [0.5, 0.6) is 0 Å². The molecule has 0 aliphatic carbocycles. The first kappa shape index (κ1) is 18.1. The first-order chi connectivity index (χ1) is 14.1. The fraction of sp³-hybridized carbons (Fsp3) is 0.158. The van der Waals surface area contributed by atoms with Crippen molar-refractivity contribution >= 4 is 29.2 Å². The Hall–Kier alpha value is -2.97. The number of tetrazole rings is 1. The Morgan fingerprint density at radius 3 is 2.72 bits per heavy atom. The van der Waals surface area contributed by atoms with Crippen LogP contribution in [-0.2, 0) is 6.54 Å². The largest absolute Gasteiger partial charge is 0.356 e. The molecule has 0 amide bonds. The molecule has 0 bridgehead atoms. The van der Waals surface area contributed by atoms with E-state index in [-0.39, 0.29) is 0 Å². The highest BCUT2D eigenvalue weighted by Crippen LogP contribution is 2.38. The van der Waals surface area contributed by atoms with Crippen LogP contribution in [0.3, 0.4) is 0 Å². The molecule has 146 valence electrons. The Labute approximate surface area is 175 Å². The number of aromatic nitrogens is 6. The van der Waals surface area contributed by atoms with E-state index in [9.17, 15) is 4.39 Å². The van der Waals surface area contributed by atoms with Crippen molar-refractivity contribution in [3.8, 4) is 28.5 Å². The van der Waals surface area contributed by atoms with Crippen LogP contribution in [0.25, 0.3) is 28.5 Å². The van der Waals surface area contributed by atoms with E-state index < -0.39 is 5.82 Å². The SMILES string of the molecule is Fc1ccc(Cl)c(-c2nc3n(c2-c2nnnn2-c2ccc(Cl)cc2)CCCN3)c1. The predicted octanol–water partition coefficient (Wildman–Crippen LogP) is 4.45. The fourth-order valence-electron chi connectivity index (χ4n) is 3.43. The second-order valence-corrected chi connectivity index (χ2v) is 7.42. The summed E-state index contributed by atoms with van der Waals surface area (Å²) in [5, 5.41) is 16.5. The van der Waals surface area contributed by atoms with E-state index >= 15 is 0 Å². The summed E-state index contributed by atoms with van der Waals surface area (Å²) in [7, 11) is 0. The zero-order valence-electron chi connectivity index (χ0n) is 15.0. The average Bonchev–Trinajstić information content (AvgIpc) is 3.34. The minimum atomic E-state index is -0.397. The molecule has 0 unspecified atom stereocenters. The predicted molar refractivity (Wildman–Crippen MR) is 109 cm³/mol. The maximum atomic E-state index is 14.0. The van der Waals surface area contributed by atoms with Gasteiger partial charge in [0.15, 0.2) is 0 Å². The summed E-state index contributed by atoms with van der Waals surface area (Å²) in [6.45, 7) is 1.53. The van der Waals surface area contributed by atoms with Crippen molar-refractivity contribution in [2.45, 2.75) is 13.0 Å². The number of nitrogens with one attached hydrogen (secondary N) is 1. The molecule has 4 aromatic rings. The maximum Gasteiger partial charge on any atom is 0.205 e. The Bertz CT molecular complexity index is 1200. The lowest BCUT2D eigenvalue weighted by Crippen LogP contribution is -2.18. The van der Waals surface area contributed by atoms with Gasteiger partial charge in [0, 0.05) is 23.7 Å². The topological polar surface area (TPSA) is 73.5 Å². The van der Waals surface area contributed by atoms with E-state index in [1.54, 1.807) is 16.8 Å². The summed E-state index contributed by atoms with van der Waals surface area (Å²) in [5.74, 6) is 0.754. The van der Waals surface area contributed by atoms with Crippen LogP contribution in [0.15, 0.2) is 42.5 Å². The van der Waals surface area contributed by atoms with Crippen molar-refractivity contribution in [2.75, 3.05) is 11.9 Å². The second-order valence-electron chi connectivity index (χ2n) is 6.58. The zero-order chi connectivity index (χ0) is 20.0. The van der Waals surface area contributed by atoms with Gasteiger partial charge in [0.05, 0.1) is 10.7 Å². The summed E-state index contributed by atoms with van der Waals surface area (Å²) < 4.78 is 17.6. The minimum absolute atomic E-state index is 0.397. The highest BCUT2D eigenvalue weighted by molar-refractivity contribution is 6.33. The molecule has 1 aliphatic rings. The number of imidazole rings is 1. The molecule has 0 atom stereocenters. The molecule has 1 aliphatic heterocycles. The Morgan fingerprint density at radius 1 is 1.07 bits per heavy atom. The van der Waals surface area contributed by atoms with Gasteiger partial charge in [-0.15, -0.1) is 5.10 Å². The van der Waals surface area contributed by atoms with E-state index in [4.69, 9.17) is 28.2 Å². The van der Waals surface area contributed by atoms with E-state index in [0.29, 0.717) is 38.8 Å². The summed E-state index contributed by atoms with van der Waals surface area (Å²) in [5.41, 5.74) is 2.41. The number of halogens is 3. The van der Waals surface area contributed by atoms with Crippen LogP contribution in [0.2, 0.25) is 10.0 Å². The van der Waals surface area contributed by atoms with E-state index in [1.165, 1.54) is 18.2 Å². The monoisotopic (exact) mass is 429 g/mol. The molecule has 1 N–H and O–H groups in total. The van der Waals surface area contributed by atoms with E-state index in [2.05, 4.69) is 20.8 Å². The van der Waals surface area contributed by atoms with E-state index in [1.807, 2.05) is 16.7 Å². The summed E-state index contributed by atoms with van der Waals surface area (Å²) >= 11 is 12.4. The molecule has 0 radical (unpaired) electrons. The lowest BCUT2D eigenvalue weighted by atomic mass is 10.1. The van der Waals surface area contributed by atoms with Gasteiger partial charge in [-0.2, -0.15) is 4.68 Å². The van der Waals surface area contributed by atoms with E-state index in [0.717, 1.165) is 25.2 Å². The van der Waals surface area contributed by atoms with Gasteiger partial charge in [-0.1, -0.05) is 23.2 Å². The van der Waals surface area contributed by atoms with Crippen LogP contribution in [0.4, 0.5) is 10.3 Å². The number of hydrogen-bond donors (Lipinski definition) is 1. The number of nitrogens with zero attached hydrogens (tertiary/aromatic N) is 6. The molecule has 10 heteroatoms. The molecule has 3 heterocycles. The van der Waals surface area contributed by atoms with Crippen molar-refractivity contribution in [3.05, 3.63) is 58.3 Å². The molecular weight excluding hydrogens is 416 g/mol. The van der Waals surface area contributed by atoms with Crippen LogP contribution >= 0.6 is 23.2 Å². The standard InChI is InChI=1S/C19H14Cl2FN7/c20-11-2-5-13(6-3-11)29-18(25-26-27-29)17-16(14-10-12(22)4-7-15(14)21)24-19-23-8-1-9-28(17)19/h2-7,10H,1,8-9H2,(H,23,24). The molecular formula is C19H14Cl2FN7. The first-order valence-electron chi connectivity index (χ1n) is 8.96. The van der Waals surface area contributed by atoms with Crippen LogP contribution < -0.4 is 5.32 Å². The smallest absolute Gasteiger partial charge is 0.205 e. The molecule has 0 spiro atoms. The van der Waals surface area contributed by atoms with Crippen molar-refractivity contribution < 1.29 is 4.39 Å². The highest BCUT2D eigenvalue weighted by atomic mass is 35.5. The molecule has 0 fully saturated rings. The third-order valence-corrected chi connectivity index (χ3v) is 5.33. The normalized spacial score (nSPS) is 13.2. The molecule has 2 aromatic heterocycles. The fourth-order valence-corrected chi connectivity index (χ4v) is 3.76. The van der Waals surface area contributed by atoms with Gasteiger partial charge in [-0.25, -0.2) is 9.37 Å². The van der Waals surface area contributed by atoms with Gasteiger partial charge in [-0.05, 0) is 59.3 Å². The Balaban J connectivity index is 1.76. The molecule has 5 rings (SSSR count). The molecule has 7 nitrogen and oxygen atoms in total. The summed E-state index contributed by atoms with van der Waals surface area (Å²) in [4.78, 5) is 4.70. The van der Waals surface area contributed by atoms with Gasteiger partial charge < -0.3 is 9.88 Å². The number of fused-ring (bicyclic) bond motifs is 1. The Morgan fingerprint density at radius 2 is 1.90 bits per heavy atom. The number of hydrogen-bond acceptors (Lipinski definition) is 5. The summed E-state index contributed by atoms with van der Waals surface area (Å²) in [6.07, 6.45) is 0.912. The quantitative estimate of drug-likeness (QED) is 0.520. The average molecular weight is 430 g/mol. The zero-order valence-corrected chi connectivity index (χ0v) is 16.5. The van der Waals surface area contributed by atoms with Gasteiger partial charge in [0.1, 0.15) is 17.2 Å². The third-order valence-electron chi connectivity index (χ3n) is 4.75. The number of anilines is 1. The van der Waals surface area contributed by atoms with Gasteiger partial charge in [0.25, 0.3) is 0 Å². The number of benzene rings is 2. The second kappa shape index (κ2) is 7.13. The lowest BCUT2D eigenvalue weighted by molar-refractivity contribution is 0.628. The van der Waals surface area contributed by atoms with Crippen LogP contribution in [0, 0.1) is 5.82 Å². The van der Waals surface area contributed by atoms with Gasteiger partial charge in [0.2, 0.25) is 11.8 Å². The van der Waals surface area contributed by atoms with Crippen molar-refractivity contribution in [3.63, 3.8) is 0 Å². The minimum Gasteiger partial charge on any atom is -0.356 e. The lowest BCUT2D eigenvalue weighted by Gasteiger charge is -2.17. The van der Waals surface area contributed by atoms with Crippen LogP contribution in [0.1, 0.15) is 6.42 Å². The van der Waals surface area contributed by atoms with Crippen molar-refractivity contribution in [2.24, 2.45) is 0 Å². The third kappa shape index (κ3) is 3.14. The van der Waals surface area contributed by atoms with Crippen molar-refractivity contribution in [1.82, 2.24) is 29.8 Å². The first-order valence-corrected chi connectivity index (χ1v) is 9.72. The van der Waals surface area contributed by atoms with Gasteiger partial charge >= 0.3 is 0 Å². The molecule has 0 saturated heterocycles. The van der Waals surface area contributed by atoms with Gasteiger partial charge in [-0.3, -0.25) is 0 Å². The van der Waals surface area contributed by atoms with Crippen LogP contribution in [-0.4, -0.2) is 36.3 Å². The molecule has 2 aromatic carbocycles.